The molecule has 0 bridgehead atoms. The molecule has 7 aromatic carbocycles. The third-order valence-electron chi connectivity index (χ3n) is 9.33. The Labute approximate surface area is 304 Å². The maximum Gasteiger partial charge on any atom is 0.341 e. The highest BCUT2D eigenvalue weighted by Gasteiger charge is 2.54. The van der Waals surface area contributed by atoms with Crippen molar-refractivity contribution in [3.8, 4) is 11.5 Å². The summed E-state index contributed by atoms with van der Waals surface area (Å²) in [6.07, 6.45) is 0. The summed E-state index contributed by atoms with van der Waals surface area (Å²) in [6.45, 7) is 0. The molecule has 2 aliphatic heterocycles. The fourth-order valence-electron chi connectivity index (χ4n) is 7.19. The number of benzene rings is 7. The average molecular weight is 761 g/mol. The minimum Gasteiger partial charge on any atom is -0.456 e. The van der Waals surface area contributed by atoms with Crippen molar-refractivity contribution >= 4 is 62.7 Å². The van der Waals surface area contributed by atoms with Crippen LogP contribution in [0.15, 0.2) is 176 Å². The summed E-state index contributed by atoms with van der Waals surface area (Å²) in [7, 11) is 0. The zero-order valence-corrected chi connectivity index (χ0v) is 28.9. The van der Waals surface area contributed by atoms with Crippen LogP contribution in [-0.2, 0) is 10.3 Å². The molecule has 0 fully saturated rings. The van der Waals surface area contributed by atoms with E-state index in [9.17, 15) is 4.79 Å². The van der Waals surface area contributed by atoms with Crippen LogP contribution in [0.5, 0.6) is 11.5 Å². The van der Waals surface area contributed by atoms with Crippen LogP contribution in [0.25, 0.3) is 0 Å². The Kier molecular flexibility index (Phi) is 7.39. The lowest BCUT2D eigenvalue weighted by Crippen LogP contribution is -2.33. The van der Waals surface area contributed by atoms with Gasteiger partial charge in [0.25, 0.3) is 0 Å². The highest BCUT2D eigenvalue weighted by Crippen LogP contribution is 2.58. The van der Waals surface area contributed by atoms with Crippen molar-refractivity contribution in [3.05, 3.63) is 202 Å². The van der Waals surface area contributed by atoms with E-state index in [1.807, 2.05) is 103 Å². The van der Waals surface area contributed by atoms with Crippen molar-refractivity contribution in [2.24, 2.45) is 0 Å². The maximum absolute atomic E-state index is 13.8. The second-order valence-electron chi connectivity index (χ2n) is 12.2. The minimum absolute atomic E-state index is 0.345. The van der Waals surface area contributed by atoms with Gasteiger partial charge in [0, 0.05) is 66.5 Å². The lowest BCUT2D eigenvalue weighted by molar-refractivity contribution is 0.0224. The summed E-state index contributed by atoms with van der Waals surface area (Å²) in [5, 5.41) is 0. The lowest BCUT2D eigenvalue weighted by Gasteiger charge is -2.38. The number of carbonyl (C=O) groups excluding carboxylic acids is 1. The van der Waals surface area contributed by atoms with Crippen LogP contribution < -0.4 is 14.5 Å². The zero-order valence-electron chi connectivity index (χ0n) is 26.7. The number of esters is 1. The number of carbonyl (C=O) groups is 1. The summed E-state index contributed by atoms with van der Waals surface area (Å²) in [5.41, 5.74) is 7.65. The van der Waals surface area contributed by atoms with E-state index < -0.39 is 5.60 Å². The van der Waals surface area contributed by atoms with Gasteiger partial charge in [-0.15, -0.1) is 0 Å². The van der Waals surface area contributed by atoms with Gasteiger partial charge in [-0.05, 0) is 101 Å². The standard InChI is InChI=1S/C44H29IN2O3/c45-39-23-13-22-38-42(39)43(48)50-44(38)36-26-24-34(46(30-14-5-1-6-15-30)31-16-7-2-8-17-31)28-40(36)49-41-29-35(25-27-37(41)44)47(32-18-9-3-10-19-32)33-20-11-4-12-21-33/h1-29H. The predicted molar refractivity (Wildman–Crippen MR) is 207 cm³/mol. The molecule has 2 aliphatic rings. The van der Waals surface area contributed by atoms with Gasteiger partial charge in [-0.2, -0.15) is 0 Å². The fraction of sp³-hybridized carbons (Fsp3) is 0.0227. The topological polar surface area (TPSA) is 42.0 Å². The van der Waals surface area contributed by atoms with Crippen molar-refractivity contribution < 1.29 is 14.3 Å². The second-order valence-corrected chi connectivity index (χ2v) is 13.4. The summed E-state index contributed by atoms with van der Waals surface area (Å²) < 4.78 is 14.4. The van der Waals surface area contributed by atoms with E-state index in [2.05, 4.69) is 105 Å². The predicted octanol–water partition coefficient (Wildman–Crippen LogP) is 11.8. The first kappa shape index (κ1) is 30.2. The summed E-state index contributed by atoms with van der Waals surface area (Å²) in [6, 6.07) is 59.4. The maximum atomic E-state index is 13.8. The zero-order chi connectivity index (χ0) is 33.7. The quantitative estimate of drug-likeness (QED) is 0.125. The van der Waals surface area contributed by atoms with E-state index in [1.165, 1.54) is 0 Å². The van der Waals surface area contributed by atoms with Gasteiger partial charge in [0.2, 0.25) is 0 Å². The third kappa shape index (κ3) is 4.86. The first-order valence-corrected chi connectivity index (χ1v) is 17.5. The van der Waals surface area contributed by atoms with E-state index in [0.29, 0.717) is 17.1 Å². The van der Waals surface area contributed by atoms with Crippen LogP contribution in [0.1, 0.15) is 27.0 Å². The number of hydrogen-bond acceptors (Lipinski definition) is 5. The van der Waals surface area contributed by atoms with Gasteiger partial charge in [-0.3, -0.25) is 0 Å². The van der Waals surface area contributed by atoms with Crippen molar-refractivity contribution in [2.75, 3.05) is 9.80 Å². The number of para-hydroxylation sites is 4. The highest BCUT2D eigenvalue weighted by atomic mass is 127. The molecule has 0 atom stereocenters. The molecule has 0 unspecified atom stereocenters. The molecule has 0 saturated heterocycles. The normalized spacial score (nSPS) is 13.4. The molecule has 2 heterocycles. The molecule has 0 N–H and O–H groups in total. The highest BCUT2D eigenvalue weighted by molar-refractivity contribution is 14.1. The second kappa shape index (κ2) is 12.2. The van der Waals surface area contributed by atoms with Gasteiger partial charge in [0.05, 0.1) is 5.56 Å². The molecule has 0 radical (unpaired) electrons. The fourth-order valence-corrected chi connectivity index (χ4v) is 7.91. The van der Waals surface area contributed by atoms with E-state index in [4.69, 9.17) is 9.47 Å². The summed E-state index contributed by atoms with van der Waals surface area (Å²) >= 11 is 2.23. The Bertz CT molecular complexity index is 2160. The van der Waals surface area contributed by atoms with E-state index in [0.717, 1.165) is 54.4 Å². The molecule has 9 rings (SSSR count). The van der Waals surface area contributed by atoms with Crippen LogP contribution in [0.4, 0.5) is 34.1 Å². The smallest absolute Gasteiger partial charge is 0.341 e. The molecular formula is C44H29IN2O3. The molecule has 1 spiro atoms. The number of fused-ring (bicyclic) bond motifs is 6. The van der Waals surface area contributed by atoms with Crippen LogP contribution in [0.3, 0.4) is 0 Å². The molecule has 5 nitrogen and oxygen atoms in total. The lowest BCUT2D eigenvalue weighted by atomic mass is 9.77. The van der Waals surface area contributed by atoms with Gasteiger partial charge in [-0.1, -0.05) is 84.9 Å². The Morgan fingerprint density at radius 2 is 0.860 bits per heavy atom. The number of halogens is 1. The largest absolute Gasteiger partial charge is 0.456 e. The average Bonchev–Trinajstić information content (AvgIpc) is 3.46. The number of hydrogen-bond donors (Lipinski definition) is 0. The van der Waals surface area contributed by atoms with Crippen molar-refractivity contribution in [1.82, 2.24) is 0 Å². The number of nitrogens with zero attached hydrogens (tertiary/aromatic N) is 2. The van der Waals surface area contributed by atoms with Gasteiger partial charge in [0.1, 0.15) is 11.5 Å². The summed E-state index contributed by atoms with van der Waals surface area (Å²) in [4.78, 5) is 18.2. The number of ether oxygens (including phenoxy) is 2. The Morgan fingerprint density at radius 3 is 1.28 bits per heavy atom. The van der Waals surface area contributed by atoms with Gasteiger partial charge >= 0.3 is 5.97 Å². The Balaban J connectivity index is 1.26. The van der Waals surface area contributed by atoms with E-state index in [-0.39, 0.29) is 5.97 Å². The molecule has 7 aromatic rings. The van der Waals surface area contributed by atoms with E-state index in [1.54, 1.807) is 0 Å². The molecule has 0 aliphatic carbocycles. The Morgan fingerprint density at radius 1 is 0.440 bits per heavy atom. The van der Waals surface area contributed by atoms with Crippen molar-refractivity contribution in [1.29, 1.82) is 0 Å². The molecule has 0 saturated carbocycles. The Hall–Kier alpha value is -5.86. The van der Waals surface area contributed by atoms with Crippen molar-refractivity contribution in [2.45, 2.75) is 5.60 Å². The van der Waals surface area contributed by atoms with Crippen LogP contribution in [0.2, 0.25) is 0 Å². The summed E-state index contributed by atoms with van der Waals surface area (Å²) in [5.74, 6) is 0.895. The van der Waals surface area contributed by atoms with Crippen LogP contribution in [0, 0.1) is 3.57 Å². The molecule has 0 amide bonds. The van der Waals surface area contributed by atoms with Crippen molar-refractivity contribution in [3.63, 3.8) is 0 Å². The first-order chi connectivity index (χ1) is 24.6. The monoisotopic (exact) mass is 760 g/mol. The third-order valence-corrected chi connectivity index (χ3v) is 10.2. The molecule has 6 heteroatoms. The molecule has 240 valence electrons. The van der Waals surface area contributed by atoms with E-state index >= 15 is 0 Å². The molecule has 50 heavy (non-hydrogen) atoms. The van der Waals surface area contributed by atoms with Crippen LogP contribution >= 0.6 is 22.6 Å². The molecule has 0 aromatic heterocycles. The van der Waals surface area contributed by atoms with Crippen LogP contribution in [-0.4, -0.2) is 5.97 Å². The van der Waals surface area contributed by atoms with Gasteiger partial charge in [0.15, 0.2) is 5.60 Å². The first-order valence-electron chi connectivity index (χ1n) is 16.4. The minimum atomic E-state index is -1.19. The molecular weight excluding hydrogens is 731 g/mol. The van der Waals surface area contributed by atoms with Gasteiger partial charge in [-0.25, -0.2) is 4.79 Å². The van der Waals surface area contributed by atoms with Gasteiger partial charge < -0.3 is 19.3 Å². The number of rotatable bonds is 6. The SMILES string of the molecule is O=C1OC2(c3ccc(N(c4ccccc4)c4ccccc4)cc3Oc3cc(N(c4ccccc4)c4ccccc4)ccc32)c2cccc(I)c21. The number of anilines is 6.